The van der Waals surface area contributed by atoms with E-state index in [-0.39, 0.29) is 53.8 Å². The van der Waals surface area contributed by atoms with Crippen LogP contribution in [0, 0.1) is 5.82 Å². The quantitative estimate of drug-likeness (QED) is 0.558. The zero-order valence-electron chi connectivity index (χ0n) is 18.6. The van der Waals surface area contributed by atoms with Crippen LogP contribution in [0.3, 0.4) is 0 Å². The topological polar surface area (TPSA) is 70.2 Å². The van der Waals surface area contributed by atoms with Crippen LogP contribution in [0.15, 0.2) is 41.3 Å². The summed E-state index contributed by atoms with van der Waals surface area (Å²) in [5.41, 5.74) is 0.694. The molecule has 0 bridgehead atoms. The highest BCUT2D eigenvalue weighted by atomic mass is 35.5. The molecule has 180 valence electrons. The Hall–Kier alpha value is -2.07. The normalized spacial score (nSPS) is 15.1. The van der Waals surface area contributed by atoms with Crippen molar-refractivity contribution in [2.45, 2.75) is 31.4 Å². The second kappa shape index (κ2) is 10.5. The minimum Gasteiger partial charge on any atom is -0.447 e. The molecule has 0 radical (unpaired) electrons. The summed E-state index contributed by atoms with van der Waals surface area (Å²) in [6, 6.07) is 9.49. The Morgan fingerprint density at radius 3 is 2.24 bits per heavy atom. The third-order valence-corrected chi connectivity index (χ3v) is 8.06. The average molecular weight is 518 g/mol. The maximum Gasteiger partial charge on any atom is 0.410 e. The standard InChI is InChI=1S/C22H26Cl2FN3O4S/c1-15(2)32-22(29)26(3)14-16-6-4-9-19(20(16)25)27-10-12-28(13-11-27)33(30,31)21-17(23)7-5-8-18(21)24/h4-9,15H,10-14H2,1-3H3. The van der Waals surface area contributed by atoms with Crippen molar-refractivity contribution in [2.75, 3.05) is 38.1 Å². The summed E-state index contributed by atoms with van der Waals surface area (Å²) in [6.45, 7) is 4.39. The van der Waals surface area contributed by atoms with E-state index in [9.17, 15) is 13.2 Å². The molecule has 0 unspecified atom stereocenters. The molecule has 33 heavy (non-hydrogen) atoms. The van der Waals surface area contributed by atoms with Crippen molar-refractivity contribution in [3.05, 3.63) is 57.8 Å². The number of carbonyl (C=O) groups excluding carboxylic acids is 1. The van der Waals surface area contributed by atoms with E-state index in [1.165, 1.54) is 21.3 Å². The summed E-state index contributed by atoms with van der Waals surface area (Å²) < 4.78 is 47.8. The molecule has 0 spiro atoms. The predicted octanol–water partition coefficient (Wildman–Crippen LogP) is 4.62. The predicted molar refractivity (Wildman–Crippen MR) is 127 cm³/mol. The number of benzene rings is 2. The van der Waals surface area contributed by atoms with Gasteiger partial charge < -0.3 is 14.5 Å². The van der Waals surface area contributed by atoms with Crippen molar-refractivity contribution < 1.29 is 22.3 Å². The molecule has 11 heteroatoms. The Morgan fingerprint density at radius 2 is 1.67 bits per heavy atom. The van der Waals surface area contributed by atoms with Gasteiger partial charge in [0.2, 0.25) is 10.0 Å². The summed E-state index contributed by atoms with van der Waals surface area (Å²) in [4.78, 5) is 15.0. The second-order valence-electron chi connectivity index (χ2n) is 7.98. The summed E-state index contributed by atoms with van der Waals surface area (Å²) in [6.07, 6.45) is -0.809. The molecule has 7 nitrogen and oxygen atoms in total. The molecule has 0 saturated carbocycles. The number of piperazine rings is 1. The Kier molecular flexibility index (Phi) is 8.10. The number of rotatable bonds is 6. The molecule has 1 heterocycles. The fraction of sp³-hybridized carbons (Fsp3) is 0.409. The van der Waals surface area contributed by atoms with Gasteiger partial charge in [-0.05, 0) is 32.0 Å². The minimum absolute atomic E-state index is 0.0462. The number of sulfonamides is 1. The lowest BCUT2D eigenvalue weighted by atomic mass is 10.1. The van der Waals surface area contributed by atoms with Crippen LogP contribution in [0.25, 0.3) is 0 Å². The molecule has 2 aromatic carbocycles. The van der Waals surface area contributed by atoms with Crippen molar-refractivity contribution in [1.82, 2.24) is 9.21 Å². The zero-order valence-corrected chi connectivity index (χ0v) is 20.9. The van der Waals surface area contributed by atoms with Gasteiger partial charge in [-0.25, -0.2) is 17.6 Å². The number of hydrogen-bond acceptors (Lipinski definition) is 5. The molecule has 1 saturated heterocycles. The van der Waals surface area contributed by atoms with Gasteiger partial charge >= 0.3 is 6.09 Å². The van der Waals surface area contributed by atoms with Crippen LogP contribution in [-0.4, -0.2) is 63.0 Å². The van der Waals surface area contributed by atoms with Gasteiger partial charge in [0.05, 0.1) is 28.4 Å². The summed E-state index contributed by atoms with van der Waals surface area (Å²) in [7, 11) is -2.35. The average Bonchev–Trinajstić information content (AvgIpc) is 2.74. The molecule has 3 rings (SSSR count). The second-order valence-corrected chi connectivity index (χ2v) is 10.7. The first-order chi connectivity index (χ1) is 15.5. The monoisotopic (exact) mass is 517 g/mol. The Labute approximate surface area is 203 Å². The highest BCUT2D eigenvalue weighted by molar-refractivity contribution is 7.89. The molecule has 1 aliphatic heterocycles. The smallest absolute Gasteiger partial charge is 0.410 e. The van der Waals surface area contributed by atoms with Crippen molar-refractivity contribution in [1.29, 1.82) is 0 Å². The highest BCUT2D eigenvalue weighted by Crippen LogP contribution is 2.32. The number of hydrogen-bond donors (Lipinski definition) is 0. The first-order valence-corrected chi connectivity index (χ1v) is 12.6. The molecular formula is C22H26Cl2FN3O4S. The van der Waals surface area contributed by atoms with Crippen molar-refractivity contribution >= 4 is 45.0 Å². The van der Waals surface area contributed by atoms with E-state index in [4.69, 9.17) is 27.9 Å². The van der Waals surface area contributed by atoms with E-state index in [0.717, 1.165) is 0 Å². The van der Waals surface area contributed by atoms with E-state index in [1.807, 2.05) is 0 Å². The summed E-state index contributed by atoms with van der Waals surface area (Å²) >= 11 is 12.2. The van der Waals surface area contributed by atoms with Gasteiger partial charge in [0.15, 0.2) is 5.82 Å². The van der Waals surface area contributed by atoms with Gasteiger partial charge in [-0.2, -0.15) is 4.31 Å². The van der Waals surface area contributed by atoms with E-state index in [0.29, 0.717) is 11.3 Å². The van der Waals surface area contributed by atoms with Crippen LogP contribution in [0.2, 0.25) is 10.0 Å². The highest BCUT2D eigenvalue weighted by Gasteiger charge is 2.32. The van der Waals surface area contributed by atoms with Crippen LogP contribution in [0.4, 0.5) is 14.9 Å². The number of amides is 1. The van der Waals surface area contributed by atoms with E-state index < -0.39 is 21.9 Å². The van der Waals surface area contributed by atoms with E-state index in [2.05, 4.69) is 0 Å². The van der Waals surface area contributed by atoms with E-state index >= 15 is 4.39 Å². The summed E-state index contributed by atoms with van der Waals surface area (Å²) in [5, 5.41) is 0.118. The van der Waals surface area contributed by atoms with Crippen LogP contribution in [0.5, 0.6) is 0 Å². The molecule has 0 atom stereocenters. The minimum atomic E-state index is -3.89. The molecule has 1 amide bonds. The fourth-order valence-electron chi connectivity index (χ4n) is 3.57. The van der Waals surface area contributed by atoms with Gasteiger partial charge in [0.1, 0.15) is 4.90 Å². The SMILES string of the molecule is CC(C)OC(=O)N(C)Cc1cccc(N2CCN(S(=O)(=O)c3c(Cl)cccc3Cl)CC2)c1F. The lowest BCUT2D eigenvalue weighted by Gasteiger charge is -2.36. The van der Waals surface area contributed by atoms with Crippen molar-refractivity contribution in [3.8, 4) is 0 Å². The van der Waals surface area contributed by atoms with Crippen molar-refractivity contribution in [3.63, 3.8) is 0 Å². The van der Waals surface area contributed by atoms with Gasteiger partial charge in [0, 0.05) is 38.8 Å². The molecule has 0 aliphatic carbocycles. The van der Waals surface area contributed by atoms with Crippen LogP contribution in [-0.2, 0) is 21.3 Å². The number of nitrogens with zero attached hydrogens (tertiary/aromatic N) is 3. The van der Waals surface area contributed by atoms with Gasteiger partial charge in [0.25, 0.3) is 0 Å². The van der Waals surface area contributed by atoms with Crippen molar-refractivity contribution in [2.24, 2.45) is 0 Å². The molecule has 0 N–H and O–H groups in total. The summed E-state index contributed by atoms with van der Waals surface area (Å²) in [5.74, 6) is -0.452. The van der Waals surface area contributed by atoms with Gasteiger partial charge in [-0.3, -0.25) is 0 Å². The van der Waals surface area contributed by atoms with Gasteiger partial charge in [-0.15, -0.1) is 0 Å². The molecule has 2 aromatic rings. The lowest BCUT2D eigenvalue weighted by molar-refractivity contribution is 0.0820. The zero-order chi connectivity index (χ0) is 24.3. The molecule has 1 fully saturated rings. The lowest BCUT2D eigenvalue weighted by Crippen LogP contribution is -2.49. The van der Waals surface area contributed by atoms with E-state index in [1.54, 1.807) is 50.1 Å². The molecule has 0 aromatic heterocycles. The maximum atomic E-state index is 15.3. The number of carbonyl (C=O) groups is 1. The third kappa shape index (κ3) is 5.71. The number of anilines is 1. The molecule has 1 aliphatic rings. The number of ether oxygens (including phenoxy) is 1. The van der Waals surface area contributed by atoms with Crippen LogP contribution >= 0.6 is 23.2 Å². The Balaban J connectivity index is 1.72. The number of halogens is 3. The molecular weight excluding hydrogens is 492 g/mol. The fourth-order valence-corrected chi connectivity index (χ4v) is 6.09. The Bertz CT molecular complexity index is 1100. The Morgan fingerprint density at radius 1 is 1.09 bits per heavy atom. The van der Waals surface area contributed by atoms with Crippen LogP contribution < -0.4 is 4.90 Å². The van der Waals surface area contributed by atoms with Gasteiger partial charge in [-0.1, -0.05) is 41.4 Å². The maximum absolute atomic E-state index is 15.3. The third-order valence-electron chi connectivity index (χ3n) is 5.21. The van der Waals surface area contributed by atoms with Crippen LogP contribution in [0.1, 0.15) is 19.4 Å². The first-order valence-electron chi connectivity index (χ1n) is 10.4. The first kappa shape index (κ1) is 25.6. The largest absolute Gasteiger partial charge is 0.447 e.